The summed E-state index contributed by atoms with van der Waals surface area (Å²) in [5.74, 6) is -0.117. The maximum atomic E-state index is 13.6. The van der Waals surface area contributed by atoms with Crippen LogP contribution in [0.2, 0.25) is 0 Å². The molecule has 108 valence electrons. The van der Waals surface area contributed by atoms with Gasteiger partial charge in [0.1, 0.15) is 5.82 Å². The lowest BCUT2D eigenvalue weighted by atomic mass is 10.0. The number of aryl methyl sites for hydroxylation is 1. The number of hydrogen-bond donors (Lipinski definition) is 1. The largest absolute Gasteiger partial charge is 0.309 e. The molecule has 19 heavy (non-hydrogen) atoms. The van der Waals surface area contributed by atoms with Crippen LogP contribution in [0.3, 0.4) is 0 Å². The van der Waals surface area contributed by atoms with Crippen molar-refractivity contribution >= 4 is 11.8 Å². The minimum absolute atomic E-state index is 0.117. The van der Waals surface area contributed by atoms with Crippen LogP contribution in [0.1, 0.15) is 50.8 Å². The molecule has 3 heteroatoms. The van der Waals surface area contributed by atoms with Crippen molar-refractivity contribution < 1.29 is 4.39 Å². The van der Waals surface area contributed by atoms with Gasteiger partial charge in [-0.15, -0.1) is 0 Å². The molecule has 1 aromatic rings. The Balaban J connectivity index is 2.69. The number of nitrogens with one attached hydrogen (secondary N) is 1. The van der Waals surface area contributed by atoms with Gasteiger partial charge in [0.15, 0.2) is 0 Å². The standard InChI is InChI=1S/C16H26FNS/c1-6-16(7-2,19-5)11-18-13(4)14-9-8-12(3)15(17)10-14/h8-10,13,18H,6-7,11H2,1-5H3. The van der Waals surface area contributed by atoms with Gasteiger partial charge in [0.25, 0.3) is 0 Å². The van der Waals surface area contributed by atoms with Gasteiger partial charge in [0.05, 0.1) is 0 Å². The molecule has 0 saturated heterocycles. The van der Waals surface area contributed by atoms with Crippen LogP contribution in [0.4, 0.5) is 4.39 Å². The molecule has 0 aliphatic heterocycles. The first kappa shape index (κ1) is 16.5. The van der Waals surface area contributed by atoms with Gasteiger partial charge in [0.2, 0.25) is 0 Å². The number of hydrogen-bond acceptors (Lipinski definition) is 2. The number of benzene rings is 1. The van der Waals surface area contributed by atoms with Gasteiger partial charge in [-0.1, -0.05) is 26.0 Å². The minimum atomic E-state index is -0.117. The highest BCUT2D eigenvalue weighted by Crippen LogP contribution is 2.30. The van der Waals surface area contributed by atoms with E-state index in [9.17, 15) is 4.39 Å². The van der Waals surface area contributed by atoms with Gasteiger partial charge < -0.3 is 5.32 Å². The SMILES string of the molecule is CCC(CC)(CNC(C)c1ccc(C)c(F)c1)SC. The second-order valence-electron chi connectivity index (χ2n) is 5.21. The summed E-state index contributed by atoms with van der Waals surface area (Å²) in [7, 11) is 0. The van der Waals surface area contributed by atoms with E-state index in [0.717, 1.165) is 24.9 Å². The smallest absolute Gasteiger partial charge is 0.126 e. The molecular formula is C16H26FNS. The summed E-state index contributed by atoms with van der Waals surface area (Å²) in [4.78, 5) is 0. The Hall–Kier alpha value is -0.540. The predicted octanol–water partition coefficient (Wildman–Crippen LogP) is 4.71. The van der Waals surface area contributed by atoms with E-state index >= 15 is 0 Å². The molecule has 0 fully saturated rings. The number of rotatable bonds is 7. The second kappa shape index (κ2) is 7.30. The van der Waals surface area contributed by atoms with Crippen molar-refractivity contribution in [1.29, 1.82) is 0 Å². The van der Waals surface area contributed by atoms with Crippen LogP contribution in [0.15, 0.2) is 18.2 Å². The van der Waals surface area contributed by atoms with Crippen molar-refractivity contribution in [3.05, 3.63) is 35.1 Å². The summed E-state index contributed by atoms with van der Waals surface area (Å²) >= 11 is 1.92. The number of thioether (sulfide) groups is 1. The first-order valence-corrected chi connectivity index (χ1v) is 8.25. The molecular weight excluding hydrogens is 257 g/mol. The van der Waals surface area contributed by atoms with Crippen LogP contribution in [0.25, 0.3) is 0 Å². The highest BCUT2D eigenvalue weighted by atomic mass is 32.2. The van der Waals surface area contributed by atoms with Crippen molar-refractivity contribution in [2.45, 2.75) is 51.3 Å². The van der Waals surface area contributed by atoms with E-state index in [1.54, 1.807) is 13.0 Å². The lowest BCUT2D eigenvalue weighted by Gasteiger charge is -2.31. The predicted molar refractivity (Wildman–Crippen MR) is 84.4 cm³/mol. The molecule has 1 N–H and O–H groups in total. The fraction of sp³-hybridized carbons (Fsp3) is 0.625. The lowest BCUT2D eigenvalue weighted by Crippen LogP contribution is -2.37. The minimum Gasteiger partial charge on any atom is -0.309 e. The van der Waals surface area contributed by atoms with Crippen LogP contribution >= 0.6 is 11.8 Å². The average molecular weight is 283 g/mol. The molecule has 1 unspecified atom stereocenters. The zero-order valence-corrected chi connectivity index (χ0v) is 13.5. The maximum absolute atomic E-state index is 13.6. The van der Waals surface area contributed by atoms with Crippen LogP contribution in [0.5, 0.6) is 0 Å². The van der Waals surface area contributed by atoms with Gasteiger partial charge in [-0.05, 0) is 50.1 Å². The third-order valence-electron chi connectivity index (χ3n) is 4.15. The Labute approximate surface area is 121 Å². The molecule has 0 aliphatic carbocycles. The van der Waals surface area contributed by atoms with E-state index < -0.39 is 0 Å². The highest BCUT2D eigenvalue weighted by molar-refractivity contribution is 8.00. The molecule has 0 saturated carbocycles. The summed E-state index contributed by atoms with van der Waals surface area (Å²) < 4.78 is 13.9. The molecule has 0 aromatic heterocycles. The molecule has 1 nitrogen and oxygen atoms in total. The molecule has 0 spiro atoms. The summed E-state index contributed by atoms with van der Waals surface area (Å²) in [6.45, 7) is 9.32. The third-order valence-corrected chi connectivity index (χ3v) is 5.74. The van der Waals surface area contributed by atoms with Crippen molar-refractivity contribution in [2.24, 2.45) is 0 Å². The van der Waals surface area contributed by atoms with E-state index in [0.29, 0.717) is 5.56 Å². The second-order valence-corrected chi connectivity index (χ2v) is 6.48. The van der Waals surface area contributed by atoms with E-state index in [-0.39, 0.29) is 16.6 Å². The van der Waals surface area contributed by atoms with Gasteiger partial charge in [-0.3, -0.25) is 0 Å². The molecule has 0 radical (unpaired) electrons. The van der Waals surface area contributed by atoms with Gasteiger partial charge >= 0.3 is 0 Å². The zero-order valence-electron chi connectivity index (χ0n) is 12.7. The maximum Gasteiger partial charge on any atom is 0.126 e. The molecule has 0 amide bonds. The molecule has 1 rings (SSSR count). The van der Waals surface area contributed by atoms with E-state index in [1.165, 1.54) is 0 Å². The topological polar surface area (TPSA) is 12.0 Å². The normalized spacial score (nSPS) is 13.6. The zero-order chi connectivity index (χ0) is 14.5. The van der Waals surface area contributed by atoms with Crippen molar-refractivity contribution in [1.82, 2.24) is 5.32 Å². The molecule has 1 atom stereocenters. The van der Waals surface area contributed by atoms with Crippen LogP contribution in [-0.4, -0.2) is 17.5 Å². The van der Waals surface area contributed by atoms with E-state index in [1.807, 2.05) is 23.9 Å². The fourth-order valence-electron chi connectivity index (χ4n) is 2.20. The van der Waals surface area contributed by atoms with Crippen LogP contribution < -0.4 is 5.32 Å². The lowest BCUT2D eigenvalue weighted by molar-refractivity contribution is 0.458. The van der Waals surface area contributed by atoms with Gasteiger partial charge in [-0.2, -0.15) is 11.8 Å². The monoisotopic (exact) mass is 283 g/mol. The van der Waals surface area contributed by atoms with Gasteiger partial charge in [0, 0.05) is 17.3 Å². The van der Waals surface area contributed by atoms with E-state index in [4.69, 9.17) is 0 Å². The average Bonchev–Trinajstić information content (AvgIpc) is 2.43. The van der Waals surface area contributed by atoms with Crippen molar-refractivity contribution in [3.63, 3.8) is 0 Å². The van der Waals surface area contributed by atoms with Crippen molar-refractivity contribution in [2.75, 3.05) is 12.8 Å². The first-order valence-electron chi connectivity index (χ1n) is 7.02. The summed E-state index contributed by atoms with van der Waals surface area (Å²) in [5, 5.41) is 3.55. The Morgan fingerprint density at radius 2 is 1.95 bits per heavy atom. The molecule has 1 aromatic carbocycles. The first-order chi connectivity index (χ1) is 8.98. The quantitative estimate of drug-likeness (QED) is 0.778. The molecule has 0 heterocycles. The Morgan fingerprint density at radius 3 is 2.42 bits per heavy atom. The Morgan fingerprint density at radius 1 is 1.32 bits per heavy atom. The summed E-state index contributed by atoms with van der Waals surface area (Å²) in [6.07, 6.45) is 4.46. The van der Waals surface area contributed by atoms with E-state index in [2.05, 4.69) is 32.3 Å². The highest BCUT2D eigenvalue weighted by Gasteiger charge is 2.25. The summed E-state index contributed by atoms with van der Waals surface area (Å²) in [5.41, 5.74) is 1.72. The number of halogens is 1. The molecule has 0 aliphatic rings. The Kier molecular flexibility index (Phi) is 6.34. The van der Waals surface area contributed by atoms with Crippen LogP contribution in [0, 0.1) is 12.7 Å². The summed E-state index contributed by atoms with van der Waals surface area (Å²) in [6, 6.07) is 5.68. The Bertz CT molecular complexity index is 393. The van der Waals surface area contributed by atoms with Gasteiger partial charge in [-0.25, -0.2) is 4.39 Å². The molecule has 0 bridgehead atoms. The fourth-order valence-corrected chi connectivity index (χ4v) is 3.00. The van der Waals surface area contributed by atoms with Crippen LogP contribution in [-0.2, 0) is 0 Å². The van der Waals surface area contributed by atoms with Crippen molar-refractivity contribution in [3.8, 4) is 0 Å². The third kappa shape index (κ3) is 4.22.